The van der Waals surface area contributed by atoms with Gasteiger partial charge in [-0.25, -0.2) is 0 Å². The van der Waals surface area contributed by atoms with E-state index in [1.807, 2.05) is 43.3 Å². The van der Waals surface area contributed by atoms with E-state index in [-0.39, 0.29) is 18.2 Å². The standard InChI is InChI=1S/C21H27N3O3/c1-24(2)18-10-8-16(9-11-18)19(6-4-3-5-7-20(25)26)21(27)23-17-12-14-22-15-13-17/h8-15,19H,3-7H2,1-2H3,(H,25,26)(H,22,23,27)/t19-/m0/s1. The monoisotopic (exact) mass is 369 g/mol. The van der Waals surface area contributed by atoms with E-state index in [4.69, 9.17) is 5.11 Å². The first kappa shape index (κ1) is 20.4. The molecule has 0 aliphatic carbocycles. The van der Waals surface area contributed by atoms with Gasteiger partial charge in [0.25, 0.3) is 0 Å². The van der Waals surface area contributed by atoms with Gasteiger partial charge in [0.2, 0.25) is 5.91 Å². The van der Waals surface area contributed by atoms with Crippen LogP contribution in [0.15, 0.2) is 48.8 Å². The molecule has 144 valence electrons. The number of carbonyl (C=O) groups is 2. The molecule has 1 heterocycles. The molecule has 0 radical (unpaired) electrons. The van der Waals surface area contributed by atoms with Crippen LogP contribution in [0.25, 0.3) is 0 Å². The molecule has 27 heavy (non-hydrogen) atoms. The molecule has 0 fully saturated rings. The van der Waals surface area contributed by atoms with E-state index in [1.54, 1.807) is 24.5 Å². The zero-order chi connectivity index (χ0) is 19.6. The molecular weight excluding hydrogens is 342 g/mol. The van der Waals surface area contributed by atoms with E-state index >= 15 is 0 Å². The molecule has 1 atom stereocenters. The highest BCUT2D eigenvalue weighted by Crippen LogP contribution is 2.26. The van der Waals surface area contributed by atoms with Crippen LogP contribution in [0.3, 0.4) is 0 Å². The Kier molecular flexibility index (Phi) is 7.79. The lowest BCUT2D eigenvalue weighted by molar-refractivity contribution is -0.137. The predicted octanol–water partition coefficient (Wildman–Crippen LogP) is 3.91. The lowest BCUT2D eigenvalue weighted by atomic mass is 9.91. The predicted molar refractivity (Wildman–Crippen MR) is 107 cm³/mol. The number of amides is 1. The third-order valence-corrected chi connectivity index (χ3v) is 4.46. The molecule has 0 aliphatic heterocycles. The van der Waals surface area contributed by atoms with Crippen molar-refractivity contribution >= 4 is 23.3 Å². The SMILES string of the molecule is CN(C)c1ccc([C@H](CCCCCC(=O)O)C(=O)Nc2ccncc2)cc1. The topological polar surface area (TPSA) is 82.5 Å². The minimum atomic E-state index is -0.777. The maximum Gasteiger partial charge on any atom is 0.303 e. The number of aliphatic carboxylic acids is 1. The molecule has 6 nitrogen and oxygen atoms in total. The summed E-state index contributed by atoms with van der Waals surface area (Å²) in [6, 6.07) is 11.5. The van der Waals surface area contributed by atoms with E-state index in [0.717, 1.165) is 29.8 Å². The van der Waals surface area contributed by atoms with Gasteiger partial charge in [-0.2, -0.15) is 0 Å². The Morgan fingerprint density at radius 2 is 1.70 bits per heavy atom. The average molecular weight is 369 g/mol. The molecule has 0 saturated heterocycles. The van der Waals surface area contributed by atoms with Crippen molar-refractivity contribution in [3.05, 3.63) is 54.4 Å². The molecule has 1 aromatic carbocycles. The third kappa shape index (κ3) is 6.73. The van der Waals surface area contributed by atoms with Crippen LogP contribution in [0.5, 0.6) is 0 Å². The van der Waals surface area contributed by atoms with Gasteiger partial charge < -0.3 is 15.3 Å². The fourth-order valence-electron chi connectivity index (χ4n) is 2.92. The Hall–Kier alpha value is -2.89. The molecule has 2 rings (SSSR count). The van der Waals surface area contributed by atoms with Crippen LogP contribution < -0.4 is 10.2 Å². The number of aromatic nitrogens is 1. The van der Waals surface area contributed by atoms with Gasteiger partial charge in [-0.05, 0) is 42.7 Å². The summed E-state index contributed by atoms with van der Waals surface area (Å²) in [5.41, 5.74) is 2.76. The highest BCUT2D eigenvalue weighted by molar-refractivity contribution is 5.95. The number of carboxylic acid groups (broad SMARTS) is 1. The molecule has 0 spiro atoms. The fourth-order valence-corrected chi connectivity index (χ4v) is 2.92. The van der Waals surface area contributed by atoms with Gasteiger partial charge in [0.1, 0.15) is 0 Å². The number of carboxylic acids is 1. The van der Waals surface area contributed by atoms with Gasteiger partial charge in [0, 0.05) is 44.3 Å². The van der Waals surface area contributed by atoms with E-state index in [0.29, 0.717) is 12.8 Å². The number of anilines is 2. The van der Waals surface area contributed by atoms with Crippen LogP contribution in [0, 0.1) is 0 Å². The first-order chi connectivity index (χ1) is 13.0. The molecule has 0 bridgehead atoms. The van der Waals surface area contributed by atoms with Crippen LogP contribution in [0.1, 0.15) is 43.6 Å². The number of nitrogens with one attached hydrogen (secondary N) is 1. The first-order valence-corrected chi connectivity index (χ1v) is 9.17. The molecule has 1 amide bonds. The summed E-state index contributed by atoms with van der Waals surface area (Å²) in [6.45, 7) is 0. The van der Waals surface area contributed by atoms with Crippen LogP contribution in [0.4, 0.5) is 11.4 Å². The second kappa shape index (κ2) is 10.3. The largest absolute Gasteiger partial charge is 0.481 e. The average Bonchev–Trinajstić information content (AvgIpc) is 2.65. The van der Waals surface area contributed by atoms with Gasteiger partial charge >= 0.3 is 5.97 Å². The number of rotatable bonds is 10. The summed E-state index contributed by atoms with van der Waals surface area (Å²) < 4.78 is 0. The number of hydrogen-bond donors (Lipinski definition) is 2. The lowest BCUT2D eigenvalue weighted by Gasteiger charge is -2.19. The van der Waals surface area contributed by atoms with Crippen molar-refractivity contribution in [3.63, 3.8) is 0 Å². The molecule has 0 saturated carbocycles. The van der Waals surface area contributed by atoms with Gasteiger partial charge in [-0.3, -0.25) is 14.6 Å². The molecule has 6 heteroatoms. The second-order valence-electron chi connectivity index (χ2n) is 6.76. The number of hydrogen-bond acceptors (Lipinski definition) is 4. The number of nitrogens with zero attached hydrogens (tertiary/aromatic N) is 2. The third-order valence-electron chi connectivity index (χ3n) is 4.46. The van der Waals surface area contributed by atoms with Crippen molar-refractivity contribution in [2.45, 2.75) is 38.0 Å². The van der Waals surface area contributed by atoms with Gasteiger partial charge in [-0.1, -0.05) is 25.0 Å². The Morgan fingerprint density at radius 1 is 1.04 bits per heavy atom. The van der Waals surface area contributed by atoms with E-state index in [2.05, 4.69) is 10.3 Å². The number of carbonyl (C=O) groups excluding carboxylic acids is 1. The zero-order valence-electron chi connectivity index (χ0n) is 15.9. The van der Waals surface area contributed by atoms with Crippen molar-refractivity contribution in [3.8, 4) is 0 Å². The molecule has 0 unspecified atom stereocenters. The second-order valence-corrected chi connectivity index (χ2v) is 6.76. The summed E-state index contributed by atoms with van der Waals surface area (Å²) in [7, 11) is 3.95. The Balaban J connectivity index is 2.07. The fraction of sp³-hybridized carbons (Fsp3) is 0.381. The normalized spacial score (nSPS) is 11.6. The van der Waals surface area contributed by atoms with Crippen molar-refractivity contribution in [2.24, 2.45) is 0 Å². The van der Waals surface area contributed by atoms with Crippen molar-refractivity contribution in [1.29, 1.82) is 0 Å². The molecule has 1 aromatic heterocycles. The van der Waals surface area contributed by atoms with Crippen molar-refractivity contribution in [2.75, 3.05) is 24.3 Å². The maximum absolute atomic E-state index is 12.9. The molecule has 0 aliphatic rings. The Bertz CT molecular complexity index is 730. The van der Waals surface area contributed by atoms with Crippen molar-refractivity contribution < 1.29 is 14.7 Å². The smallest absolute Gasteiger partial charge is 0.303 e. The van der Waals surface area contributed by atoms with Crippen LogP contribution in [-0.2, 0) is 9.59 Å². The summed E-state index contributed by atoms with van der Waals surface area (Å²) in [5.74, 6) is -1.11. The zero-order valence-corrected chi connectivity index (χ0v) is 15.9. The van der Waals surface area contributed by atoms with Crippen LogP contribution in [-0.4, -0.2) is 36.1 Å². The van der Waals surface area contributed by atoms with Gasteiger partial charge in [0.15, 0.2) is 0 Å². The van der Waals surface area contributed by atoms with Crippen molar-refractivity contribution in [1.82, 2.24) is 4.98 Å². The number of benzene rings is 1. The quantitative estimate of drug-likeness (QED) is 0.621. The highest BCUT2D eigenvalue weighted by atomic mass is 16.4. The van der Waals surface area contributed by atoms with Crippen LogP contribution >= 0.6 is 0 Å². The lowest BCUT2D eigenvalue weighted by Crippen LogP contribution is -2.21. The van der Waals surface area contributed by atoms with E-state index in [1.165, 1.54) is 0 Å². The van der Waals surface area contributed by atoms with Crippen LogP contribution in [0.2, 0.25) is 0 Å². The van der Waals surface area contributed by atoms with Gasteiger partial charge in [0.05, 0.1) is 5.92 Å². The Labute approximate surface area is 160 Å². The highest BCUT2D eigenvalue weighted by Gasteiger charge is 2.20. The summed E-state index contributed by atoms with van der Waals surface area (Å²) in [6.07, 6.45) is 6.36. The maximum atomic E-state index is 12.9. The minimum absolute atomic E-state index is 0.0583. The number of unbranched alkanes of at least 4 members (excludes halogenated alkanes) is 2. The van der Waals surface area contributed by atoms with Gasteiger partial charge in [-0.15, -0.1) is 0 Å². The molecule has 2 aromatic rings. The Morgan fingerprint density at radius 3 is 2.30 bits per heavy atom. The molecule has 2 N–H and O–H groups in total. The minimum Gasteiger partial charge on any atom is -0.481 e. The summed E-state index contributed by atoms with van der Waals surface area (Å²) >= 11 is 0. The summed E-state index contributed by atoms with van der Waals surface area (Å²) in [5, 5.41) is 11.7. The first-order valence-electron chi connectivity index (χ1n) is 9.17. The number of pyridine rings is 1. The summed E-state index contributed by atoms with van der Waals surface area (Å²) in [4.78, 5) is 29.5. The van der Waals surface area contributed by atoms with E-state index < -0.39 is 5.97 Å². The molecular formula is C21H27N3O3. The van der Waals surface area contributed by atoms with E-state index in [9.17, 15) is 9.59 Å².